The molecule has 7 heteroatoms. The van der Waals surface area contributed by atoms with Crippen LogP contribution in [0.25, 0.3) is 11.2 Å². The van der Waals surface area contributed by atoms with E-state index in [1.54, 1.807) is 6.33 Å². The number of imidazole rings is 1. The Hall–Kier alpha value is -2.18. The molecule has 0 spiro atoms. The van der Waals surface area contributed by atoms with Crippen LogP contribution in [-0.4, -0.2) is 44.6 Å². The van der Waals surface area contributed by atoms with E-state index < -0.39 is 0 Å². The van der Waals surface area contributed by atoms with Crippen LogP contribution in [-0.2, 0) is 17.8 Å². The van der Waals surface area contributed by atoms with Gasteiger partial charge in [-0.25, -0.2) is 15.0 Å². The van der Waals surface area contributed by atoms with E-state index in [4.69, 9.17) is 4.98 Å². The fourth-order valence-electron chi connectivity index (χ4n) is 4.26. The molecule has 2 fully saturated rings. The zero-order chi connectivity index (χ0) is 17.5. The number of hydrogen-bond acceptors (Lipinski definition) is 5. The zero-order valence-corrected chi connectivity index (χ0v) is 15.2. The number of nitrogens with zero attached hydrogens (tertiary/aromatic N) is 5. The lowest BCUT2D eigenvalue weighted by Gasteiger charge is -2.32. The fourth-order valence-corrected chi connectivity index (χ4v) is 4.26. The Bertz CT molecular complexity index is 819. The smallest absolute Gasteiger partial charge is 0.223 e. The summed E-state index contributed by atoms with van der Waals surface area (Å²) in [5.74, 6) is 2.48. The van der Waals surface area contributed by atoms with Crippen molar-refractivity contribution in [2.45, 2.75) is 64.0 Å². The van der Waals surface area contributed by atoms with E-state index in [9.17, 15) is 4.79 Å². The summed E-state index contributed by atoms with van der Waals surface area (Å²) >= 11 is 0. The molecule has 3 aliphatic rings. The van der Waals surface area contributed by atoms with E-state index in [-0.39, 0.29) is 11.8 Å². The van der Waals surface area contributed by atoms with E-state index in [0.29, 0.717) is 6.04 Å². The van der Waals surface area contributed by atoms with E-state index in [1.807, 2.05) is 0 Å². The molecule has 0 unspecified atom stereocenters. The van der Waals surface area contributed by atoms with Gasteiger partial charge in [0.2, 0.25) is 5.91 Å². The SMILES string of the molecule is O=C(NC1CC1)C1CCN(c2ncnc3c2nc2n3CCCCC2)CC1. The summed E-state index contributed by atoms with van der Waals surface area (Å²) in [7, 11) is 0. The van der Waals surface area contributed by atoms with Gasteiger partial charge in [-0.2, -0.15) is 0 Å². The maximum absolute atomic E-state index is 12.3. The molecule has 0 radical (unpaired) electrons. The molecule has 0 bridgehead atoms. The zero-order valence-electron chi connectivity index (χ0n) is 15.2. The average Bonchev–Trinajstić information content (AvgIpc) is 3.45. The summed E-state index contributed by atoms with van der Waals surface area (Å²) < 4.78 is 2.28. The third-order valence-corrected chi connectivity index (χ3v) is 5.96. The van der Waals surface area contributed by atoms with Crippen molar-refractivity contribution in [3.05, 3.63) is 12.2 Å². The van der Waals surface area contributed by atoms with Crippen LogP contribution >= 0.6 is 0 Å². The molecule has 1 amide bonds. The van der Waals surface area contributed by atoms with Crippen molar-refractivity contribution in [2.24, 2.45) is 5.92 Å². The maximum atomic E-state index is 12.3. The second-order valence-electron chi connectivity index (χ2n) is 7.90. The van der Waals surface area contributed by atoms with Crippen molar-refractivity contribution in [1.82, 2.24) is 24.8 Å². The van der Waals surface area contributed by atoms with Gasteiger partial charge in [0.1, 0.15) is 12.2 Å². The summed E-state index contributed by atoms with van der Waals surface area (Å²) in [5.41, 5.74) is 1.91. The molecule has 0 atom stereocenters. The second-order valence-corrected chi connectivity index (χ2v) is 7.90. The molecule has 1 aliphatic carbocycles. The van der Waals surface area contributed by atoms with Gasteiger partial charge in [0.15, 0.2) is 17.0 Å². The predicted molar refractivity (Wildman–Crippen MR) is 99.0 cm³/mol. The average molecular weight is 354 g/mol. The van der Waals surface area contributed by atoms with Crippen LogP contribution in [0.4, 0.5) is 5.82 Å². The monoisotopic (exact) mass is 354 g/mol. The normalized spacial score (nSPS) is 21.5. The number of piperidine rings is 1. The minimum atomic E-state index is 0.142. The van der Waals surface area contributed by atoms with Gasteiger partial charge in [-0.1, -0.05) is 6.42 Å². The maximum Gasteiger partial charge on any atom is 0.223 e. The summed E-state index contributed by atoms with van der Waals surface area (Å²) in [6.07, 6.45) is 10.4. The molecule has 4 heterocycles. The van der Waals surface area contributed by atoms with Crippen molar-refractivity contribution in [3.63, 3.8) is 0 Å². The standard InChI is InChI=1S/C19H26N6O/c26-19(22-14-5-6-14)13-7-10-24(11-8-13)17-16-18(21-12-20-17)25-9-3-1-2-4-15(25)23-16/h12-14H,1-11H2,(H,22,26). The highest BCUT2D eigenvalue weighted by Gasteiger charge is 2.31. The van der Waals surface area contributed by atoms with Gasteiger partial charge in [-0.15, -0.1) is 0 Å². The molecule has 2 aromatic rings. The number of carbonyl (C=O) groups excluding carboxylic acids is 1. The van der Waals surface area contributed by atoms with E-state index in [1.165, 1.54) is 19.3 Å². The lowest BCUT2D eigenvalue weighted by atomic mass is 9.96. The van der Waals surface area contributed by atoms with Crippen molar-refractivity contribution in [1.29, 1.82) is 0 Å². The van der Waals surface area contributed by atoms with E-state index in [2.05, 4.69) is 24.8 Å². The topological polar surface area (TPSA) is 75.9 Å². The minimum absolute atomic E-state index is 0.142. The largest absolute Gasteiger partial charge is 0.355 e. The van der Waals surface area contributed by atoms with Crippen molar-refractivity contribution >= 4 is 22.9 Å². The number of fused-ring (bicyclic) bond motifs is 3. The van der Waals surface area contributed by atoms with Crippen LogP contribution in [0.1, 0.15) is 50.8 Å². The molecule has 26 heavy (non-hydrogen) atoms. The summed E-state index contributed by atoms with van der Waals surface area (Å²) in [6, 6.07) is 0.447. The number of rotatable bonds is 3. The van der Waals surface area contributed by atoms with Crippen LogP contribution in [0.2, 0.25) is 0 Å². The molecule has 138 valence electrons. The van der Waals surface area contributed by atoms with Gasteiger partial charge >= 0.3 is 0 Å². The van der Waals surface area contributed by atoms with Crippen LogP contribution in [0.15, 0.2) is 6.33 Å². The van der Waals surface area contributed by atoms with Crippen LogP contribution in [0.3, 0.4) is 0 Å². The third kappa shape index (κ3) is 2.93. The van der Waals surface area contributed by atoms with Crippen LogP contribution in [0, 0.1) is 5.92 Å². The lowest BCUT2D eigenvalue weighted by Crippen LogP contribution is -2.41. The minimum Gasteiger partial charge on any atom is -0.355 e. The highest BCUT2D eigenvalue weighted by Crippen LogP contribution is 2.29. The van der Waals surface area contributed by atoms with Gasteiger partial charge in [-0.3, -0.25) is 4.79 Å². The van der Waals surface area contributed by atoms with Gasteiger partial charge in [0.25, 0.3) is 0 Å². The molecule has 1 N–H and O–H groups in total. The van der Waals surface area contributed by atoms with Crippen molar-refractivity contribution in [2.75, 3.05) is 18.0 Å². The van der Waals surface area contributed by atoms with Gasteiger partial charge < -0.3 is 14.8 Å². The Kier molecular flexibility index (Phi) is 4.02. The molecule has 1 saturated carbocycles. The molecule has 1 saturated heterocycles. The molecule has 5 rings (SSSR count). The highest BCUT2D eigenvalue weighted by atomic mass is 16.2. The highest BCUT2D eigenvalue weighted by molar-refractivity contribution is 5.84. The van der Waals surface area contributed by atoms with E-state index in [0.717, 1.165) is 74.5 Å². The fraction of sp³-hybridized carbons (Fsp3) is 0.684. The molecular formula is C19H26N6O. The molecule has 7 nitrogen and oxygen atoms in total. The first kappa shape index (κ1) is 16.0. The quantitative estimate of drug-likeness (QED) is 0.913. The number of anilines is 1. The summed E-state index contributed by atoms with van der Waals surface area (Å²) in [6.45, 7) is 2.72. The summed E-state index contributed by atoms with van der Waals surface area (Å²) in [4.78, 5) is 28.6. The van der Waals surface area contributed by atoms with E-state index >= 15 is 0 Å². The Morgan fingerprint density at radius 1 is 1.04 bits per heavy atom. The van der Waals surface area contributed by atoms with Gasteiger partial charge in [0.05, 0.1) is 0 Å². The molecule has 2 aromatic heterocycles. The van der Waals surface area contributed by atoms with Crippen LogP contribution < -0.4 is 10.2 Å². The van der Waals surface area contributed by atoms with Gasteiger partial charge in [-0.05, 0) is 38.5 Å². The summed E-state index contributed by atoms with van der Waals surface area (Å²) in [5, 5.41) is 3.15. The number of carbonyl (C=O) groups is 1. The number of aryl methyl sites for hydroxylation is 2. The second kappa shape index (κ2) is 6.52. The predicted octanol–water partition coefficient (Wildman–Crippen LogP) is 2.05. The molecule has 0 aromatic carbocycles. The Labute approximate surface area is 153 Å². The number of hydrogen-bond donors (Lipinski definition) is 1. The third-order valence-electron chi connectivity index (χ3n) is 5.96. The molecule has 2 aliphatic heterocycles. The van der Waals surface area contributed by atoms with Gasteiger partial charge in [0, 0.05) is 38.0 Å². The first-order valence-electron chi connectivity index (χ1n) is 10.0. The first-order chi connectivity index (χ1) is 12.8. The lowest BCUT2D eigenvalue weighted by molar-refractivity contribution is -0.125. The molecular weight excluding hydrogens is 328 g/mol. The Balaban J connectivity index is 1.35. The van der Waals surface area contributed by atoms with Crippen LogP contribution in [0.5, 0.6) is 0 Å². The number of nitrogens with one attached hydrogen (secondary N) is 1. The number of amides is 1. The van der Waals surface area contributed by atoms with Crippen molar-refractivity contribution in [3.8, 4) is 0 Å². The Morgan fingerprint density at radius 3 is 2.69 bits per heavy atom. The number of aromatic nitrogens is 4. The first-order valence-corrected chi connectivity index (χ1v) is 10.0. The Morgan fingerprint density at radius 2 is 1.88 bits per heavy atom. The van der Waals surface area contributed by atoms with Crippen molar-refractivity contribution < 1.29 is 4.79 Å².